The number of hydrogen-bond acceptors (Lipinski definition) is 5. The van der Waals surface area contributed by atoms with Gasteiger partial charge < -0.3 is 10.1 Å². The second-order valence-electron chi connectivity index (χ2n) is 4.49. The molecule has 2 aromatic rings. The molecule has 0 unspecified atom stereocenters. The number of anilines is 1. The highest BCUT2D eigenvalue weighted by atomic mass is 35.5. The standard InChI is InChI=1S/C16H13ClN2O4/c1-23-13-5-2-11(3-6-13)16(20)8-9-18-14-7-4-12(17)10-15(14)19(21)22/h2-10,18H,1H3/b9-8+. The van der Waals surface area contributed by atoms with Crippen LogP contribution in [-0.4, -0.2) is 17.8 Å². The van der Waals surface area contributed by atoms with Gasteiger partial charge in [0.05, 0.1) is 12.0 Å². The van der Waals surface area contributed by atoms with E-state index in [0.29, 0.717) is 11.3 Å². The number of nitrogens with zero attached hydrogens (tertiary/aromatic N) is 1. The molecule has 2 rings (SSSR count). The lowest BCUT2D eigenvalue weighted by Crippen LogP contribution is -1.98. The van der Waals surface area contributed by atoms with Crippen LogP contribution in [0.25, 0.3) is 0 Å². The van der Waals surface area contributed by atoms with Crippen LogP contribution in [-0.2, 0) is 0 Å². The van der Waals surface area contributed by atoms with Gasteiger partial charge in [-0.05, 0) is 36.4 Å². The Kier molecular flexibility index (Phi) is 5.32. The highest BCUT2D eigenvalue weighted by Gasteiger charge is 2.13. The monoisotopic (exact) mass is 332 g/mol. The molecule has 0 aliphatic rings. The molecule has 0 fully saturated rings. The molecule has 7 heteroatoms. The summed E-state index contributed by atoms with van der Waals surface area (Å²) in [5.74, 6) is 0.414. The van der Waals surface area contributed by atoms with Crippen molar-refractivity contribution in [3.05, 3.63) is 75.4 Å². The van der Waals surface area contributed by atoms with Crippen molar-refractivity contribution in [1.29, 1.82) is 0 Å². The Labute approximate surface area is 137 Å². The largest absolute Gasteiger partial charge is 0.497 e. The average Bonchev–Trinajstić information content (AvgIpc) is 2.56. The number of halogens is 1. The van der Waals surface area contributed by atoms with E-state index in [1.54, 1.807) is 31.4 Å². The fraction of sp³-hybridized carbons (Fsp3) is 0.0625. The first-order valence-electron chi connectivity index (χ1n) is 6.56. The maximum atomic E-state index is 12.0. The predicted octanol–water partition coefficient (Wildman–Crippen LogP) is 4.07. The van der Waals surface area contributed by atoms with Crippen LogP contribution in [0, 0.1) is 10.1 Å². The smallest absolute Gasteiger partial charge is 0.294 e. The lowest BCUT2D eigenvalue weighted by Gasteiger charge is -2.03. The summed E-state index contributed by atoms with van der Waals surface area (Å²) in [7, 11) is 1.54. The summed E-state index contributed by atoms with van der Waals surface area (Å²) in [6.07, 6.45) is 2.64. The van der Waals surface area contributed by atoms with Gasteiger partial charge in [0.1, 0.15) is 11.4 Å². The van der Waals surface area contributed by atoms with Gasteiger partial charge >= 0.3 is 0 Å². The maximum absolute atomic E-state index is 12.0. The first-order chi connectivity index (χ1) is 11.0. The van der Waals surface area contributed by atoms with Gasteiger partial charge in [-0.15, -0.1) is 0 Å². The van der Waals surface area contributed by atoms with Gasteiger partial charge in [-0.2, -0.15) is 0 Å². The third kappa shape index (κ3) is 4.31. The van der Waals surface area contributed by atoms with Crippen molar-refractivity contribution in [3.63, 3.8) is 0 Å². The quantitative estimate of drug-likeness (QED) is 0.373. The minimum absolute atomic E-state index is 0.168. The number of ether oxygens (including phenoxy) is 1. The molecule has 0 aliphatic carbocycles. The second kappa shape index (κ2) is 7.42. The van der Waals surface area contributed by atoms with Gasteiger partial charge in [-0.1, -0.05) is 11.6 Å². The van der Waals surface area contributed by atoms with Gasteiger partial charge in [-0.3, -0.25) is 14.9 Å². The fourth-order valence-electron chi connectivity index (χ4n) is 1.84. The van der Waals surface area contributed by atoms with E-state index in [4.69, 9.17) is 16.3 Å². The topological polar surface area (TPSA) is 81.5 Å². The summed E-state index contributed by atoms with van der Waals surface area (Å²) < 4.78 is 5.02. The molecule has 2 aromatic carbocycles. The molecule has 0 atom stereocenters. The van der Waals surface area contributed by atoms with Crippen molar-refractivity contribution in [1.82, 2.24) is 0 Å². The van der Waals surface area contributed by atoms with Crippen LogP contribution in [0.2, 0.25) is 5.02 Å². The molecule has 0 heterocycles. The van der Waals surface area contributed by atoms with Crippen molar-refractivity contribution in [2.24, 2.45) is 0 Å². The van der Waals surface area contributed by atoms with Crippen LogP contribution < -0.4 is 10.1 Å². The van der Waals surface area contributed by atoms with Crippen molar-refractivity contribution < 1.29 is 14.5 Å². The third-order valence-corrected chi connectivity index (χ3v) is 3.24. The Balaban J connectivity index is 2.09. The lowest BCUT2D eigenvalue weighted by atomic mass is 10.1. The fourth-order valence-corrected chi connectivity index (χ4v) is 2.00. The summed E-state index contributed by atoms with van der Waals surface area (Å²) in [6, 6.07) is 10.9. The van der Waals surface area contributed by atoms with E-state index in [9.17, 15) is 14.9 Å². The summed E-state index contributed by atoms with van der Waals surface area (Å²) in [6.45, 7) is 0. The van der Waals surface area contributed by atoms with E-state index in [0.717, 1.165) is 0 Å². The van der Waals surface area contributed by atoms with E-state index in [1.165, 1.54) is 30.5 Å². The number of carbonyl (C=O) groups excluding carboxylic acids is 1. The molecular formula is C16H13ClN2O4. The van der Waals surface area contributed by atoms with Crippen molar-refractivity contribution >= 4 is 28.8 Å². The minimum Gasteiger partial charge on any atom is -0.497 e. The first-order valence-corrected chi connectivity index (χ1v) is 6.94. The number of allylic oxidation sites excluding steroid dienone is 1. The van der Waals surface area contributed by atoms with Crippen LogP contribution in [0.15, 0.2) is 54.7 Å². The highest BCUT2D eigenvalue weighted by Crippen LogP contribution is 2.27. The van der Waals surface area contributed by atoms with Gasteiger partial charge in [-0.25, -0.2) is 0 Å². The van der Waals surface area contributed by atoms with Crippen LogP contribution in [0.3, 0.4) is 0 Å². The van der Waals surface area contributed by atoms with Gasteiger partial charge in [0.15, 0.2) is 5.78 Å². The normalized spacial score (nSPS) is 10.5. The van der Waals surface area contributed by atoms with E-state index in [1.807, 2.05) is 0 Å². The SMILES string of the molecule is COc1ccc(C(=O)/C=C/Nc2ccc(Cl)cc2[N+](=O)[O-])cc1. The Morgan fingerprint density at radius 2 is 1.96 bits per heavy atom. The molecule has 0 aromatic heterocycles. The van der Waals surface area contributed by atoms with Crippen molar-refractivity contribution in [2.75, 3.05) is 12.4 Å². The highest BCUT2D eigenvalue weighted by molar-refractivity contribution is 6.30. The molecule has 0 bridgehead atoms. The third-order valence-electron chi connectivity index (χ3n) is 3.00. The molecule has 118 valence electrons. The van der Waals surface area contributed by atoms with Crippen LogP contribution in [0.4, 0.5) is 11.4 Å². The Morgan fingerprint density at radius 1 is 1.26 bits per heavy atom. The van der Waals surface area contributed by atoms with E-state index >= 15 is 0 Å². The van der Waals surface area contributed by atoms with Gasteiger partial charge in [0, 0.05) is 28.9 Å². The molecule has 1 N–H and O–H groups in total. The molecule has 0 saturated heterocycles. The zero-order chi connectivity index (χ0) is 16.8. The molecule has 0 aliphatic heterocycles. The molecule has 0 spiro atoms. The number of hydrogen-bond donors (Lipinski definition) is 1. The lowest BCUT2D eigenvalue weighted by molar-refractivity contribution is -0.383. The number of ketones is 1. The van der Waals surface area contributed by atoms with E-state index < -0.39 is 4.92 Å². The summed E-state index contributed by atoms with van der Waals surface area (Å²) in [5.41, 5.74) is 0.562. The zero-order valence-corrected chi connectivity index (χ0v) is 12.9. The molecule has 0 amide bonds. The Hall–Kier alpha value is -2.86. The Morgan fingerprint density at radius 3 is 2.57 bits per heavy atom. The number of benzene rings is 2. The second-order valence-corrected chi connectivity index (χ2v) is 4.93. The predicted molar refractivity (Wildman–Crippen MR) is 88.2 cm³/mol. The van der Waals surface area contributed by atoms with Crippen molar-refractivity contribution in [2.45, 2.75) is 0 Å². The molecule has 6 nitrogen and oxygen atoms in total. The maximum Gasteiger partial charge on any atom is 0.294 e. The van der Waals surface area contributed by atoms with Crippen molar-refractivity contribution in [3.8, 4) is 5.75 Å². The zero-order valence-electron chi connectivity index (χ0n) is 12.2. The van der Waals surface area contributed by atoms with E-state index in [2.05, 4.69) is 5.32 Å². The number of carbonyl (C=O) groups is 1. The molecular weight excluding hydrogens is 320 g/mol. The summed E-state index contributed by atoms with van der Waals surface area (Å²) in [4.78, 5) is 22.4. The van der Waals surface area contributed by atoms with Crippen LogP contribution in [0.1, 0.15) is 10.4 Å². The number of rotatable bonds is 6. The number of nitro groups is 1. The molecule has 0 radical (unpaired) electrons. The van der Waals surface area contributed by atoms with Gasteiger partial charge in [0.25, 0.3) is 5.69 Å². The van der Waals surface area contributed by atoms with Crippen LogP contribution in [0.5, 0.6) is 5.75 Å². The first kappa shape index (κ1) is 16.5. The Bertz CT molecular complexity index is 757. The summed E-state index contributed by atoms with van der Waals surface area (Å²) in [5, 5.41) is 13.9. The number of methoxy groups -OCH3 is 1. The van der Waals surface area contributed by atoms with Gasteiger partial charge in [0.2, 0.25) is 0 Å². The molecule has 0 saturated carbocycles. The summed E-state index contributed by atoms with van der Waals surface area (Å²) >= 11 is 5.74. The molecule has 23 heavy (non-hydrogen) atoms. The average molecular weight is 333 g/mol. The van der Waals surface area contributed by atoms with Crippen LogP contribution >= 0.6 is 11.6 Å². The minimum atomic E-state index is -0.548. The number of nitrogens with one attached hydrogen (secondary N) is 1. The number of nitro benzene ring substituents is 1. The van der Waals surface area contributed by atoms with E-state index in [-0.39, 0.29) is 22.2 Å².